The first kappa shape index (κ1) is 15.4. The topological polar surface area (TPSA) is 79.5 Å². The third kappa shape index (κ3) is 3.35. The van der Waals surface area contributed by atoms with Crippen molar-refractivity contribution in [3.05, 3.63) is 29.6 Å². The standard InChI is InChI=1S/C13H22N4O2S/c1-11-3-4-15-10-12(11)13(9-14)16-5-7-17(8-6-16)20(2,18)19/h3-4,10,13H,5-9,14H2,1-2H3. The second-order valence-electron chi connectivity index (χ2n) is 5.18. The first-order chi connectivity index (χ1) is 9.43. The lowest BCUT2D eigenvalue weighted by Crippen LogP contribution is -2.50. The summed E-state index contributed by atoms with van der Waals surface area (Å²) in [6.45, 7) is 4.99. The summed E-state index contributed by atoms with van der Waals surface area (Å²) in [7, 11) is -3.09. The number of nitrogens with two attached hydrogens (primary N) is 1. The van der Waals surface area contributed by atoms with Crippen LogP contribution in [0.15, 0.2) is 18.5 Å². The summed E-state index contributed by atoms with van der Waals surface area (Å²) in [4.78, 5) is 6.42. The zero-order valence-corrected chi connectivity index (χ0v) is 12.8. The molecule has 0 saturated carbocycles. The summed E-state index contributed by atoms with van der Waals surface area (Å²) in [5.41, 5.74) is 8.22. The highest BCUT2D eigenvalue weighted by Gasteiger charge is 2.28. The fraction of sp³-hybridized carbons (Fsp3) is 0.615. The number of aryl methyl sites for hydroxylation is 1. The minimum atomic E-state index is -3.09. The average Bonchev–Trinajstić information content (AvgIpc) is 2.41. The van der Waals surface area contributed by atoms with Gasteiger partial charge in [0.15, 0.2) is 0 Å². The van der Waals surface area contributed by atoms with Gasteiger partial charge in [-0.2, -0.15) is 4.31 Å². The van der Waals surface area contributed by atoms with Crippen LogP contribution in [0.1, 0.15) is 17.2 Å². The zero-order chi connectivity index (χ0) is 14.8. The summed E-state index contributed by atoms with van der Waals surface area (Å²) in [6.07, 6.45) is 4.89. The Bertz CT molecular complexity index is 553. The van der Waals surface area contributed by atoms with Crippen LogP contribution in [-0.4, -0.2) is 61.6 Å². The summed E-state index contributed by atoms with van der Waals surface area (Å²) in [5, 5.41) is 0. The fourth-order valence-corrected chi connectivity index (χ4v) is 3.47. The molecular formula is C13H22N4O2S. The van der Waals surface area contributed by atoms with Gasteiger partial charge in [-0.15, -0.1) is 0 Å². The SMILES string of the molecule is Cc1ccncc1C(CN)N1CCN(S(C)(=O)=O)CC1. The van der Waals surface area contributed by atoms with Gasteiger partial charge in [-0.25, -0.2) is 8.42 Å². The molecule has 1 aliphatic heterocycles. The molecule has 0 spiro atoms. The molecule has 6 nitrogen and oxygen atoms in total. The number of piperazine rings is 1. The maximum absolute atomic E-state index is 11.5. The number of hydrogen-bond donors (Lipinski definition) is 1. The van der Waals surface area contributed by atoms with Crippen LogP contribution in [0.5, 0.6) is 0 Å². The smallest absolute Gasteiger partial charge is 0.211 e. The van der Waals surface area contributed by atoms with Crippen molar-refractivity contribution in [2.45, 2.75) is 13.0 Å². The van der Waals surface area contributed by atoms with Crippen molar-refractivity contribution in [2.24, 2.45) is 5.73 Å². The van der Waals surface area contributed by atoms with Gasteiger partial charge < -0.3 is 5.73 Å². The minimum Gasteiger partial charge on any atom is -0.329 e. The first-order valence-electron chi connectivity index (χ1n) is 6.73. The van der Waals surface area contributed by atoms with Gasteiger partial charge in [-0.1, -0.05) is 0 Å². The molecule has 20 heavy (non-hydrogen) atoms. The summed E-state index contributed by atoms with van der Waals surface area (Å²) in [6, 6.07) is 2.08. The van der Waals surface area contributed by atoms with Gasteiger partial charge in [-0.05, 0) is 24.1 Å². The molecule has 1 aromatic rings. The first-order valence-corrected chi connectivity index (χ1v) is 8.58. The van der Waals surface area contributed by atoms with E-state index in [0.717, 1.165) is 5.56 Å². The fourth-order valence-electron chi connectivity index (χ4n) is 2.64. The Morgan fingerprint density at radius 1 is 1.35 bits per heavy atom. The minimum absolute atomic E-state index is 0.102. The third-order valence-corrected chi connectivity index (χ3v) is 5.15. The Labute approximate surface area is 120 Å². The van der Waals surface area contributed by atoms with Crippen molar-refractivity contribution < 1.29 is 8.42 Å². The molecule has 2 rings (SSSR count). The van der Waals surface area contributed by atoms with Gasteiger partial charge in [0, 0.05) is 51.2 Å². The van der Waals surface area contributed by atoms with Crippen molar-refractivity contribution in [1.29, 1.82) is 0 Å². The van der Waals surface area contributed by atoms with Gasteiger partial charge in [0.05, 0.1) is 6.26 Å². The molecular weight excluding hydrogens is 276 g/mol. The molecule has 2 N–H and O–H groups in total. The Morgan fingerprint density at radius 3 is 2.50 bits per heavy atom. The monoisotopic (exact) mass is 298 g/mol. The van der Waals surface area contributed by atoms with E-state index in [2.05, 4.69) is 9.88 Å². The number of pyridine rings is 1. The normalized spacial score (nSPS) is 19.9. The highest BCUT2D eigenvalue weighted by atomic mass is 32.2. The molecule has 0 amide bonds. The summed E-state index contributed by atoms with van der Waals surface area (Å²) in [5.74, 6) is 0. The molecule has 1 saturated heterocycles. The second-order valence-corrected chi connectivity index (χ2v) is 7.16. The average molecular weight is 298 g/mol. The Morgan fingerprint density at radius 2 is 2.00 bits per heavy atom. The molecule has 0 aromatic carbocycles. The highest BCUT2D eigenvalue weighted by molar-refractivity contribution is 7.88. The van der Waals surface area contributed by atoms with Crippen LogP contribution in [-0.2, 0) is 10.0 Å². The van der Waals surface area contributed by atoms with Crippen molar-refractivity contribution in [2.75, 3.05) is 39.0 Å². The van der Waals surface area contributed by atoms with E-state index >= 15 is 0 Å². The molecule has 0 radical (unpaired) electrons. The van der Waals surface area contributed by atoms with Crippen LogP contribution in [0.3, 0.4) is 0 Å². The van der Waals surface area contributed by atoms with Crippen LogP contribution in [0, 0.1) is 6.92 Å². The van der Waals surface area contributed by atoms with E-state index in [-0.39, 0.29) is 6.04 Å². The zero-order valence-electron chi connectivity index (χ0n) is 12.0. The number of nitrogens with zero attached hydrogens (tertiary/aromatic N) is 3. The quantitative estimate of drug-likeness (QED) is 0.844. The number of sulfonamides is 1. The predicted octanol–water partition coefficient (Wildman–Crippen LogP) is -0.0330. The molecule has 0 aliphatic carbocycles. The van der Waals surface area contributed by atoms with Crippen molar-refractivity contribution in [1.82, 2.24) is 14.2 Å². The van der Waals surface area contributed by atoms with Gasteiger partial charge in [0.25, 0.3) is 0 Å². The third-order valence-electron chi connectivity index (χ3n) is 3.84. The molecule has 1 unspecified atom stereocenters. The van der Waals surface area contributed by atoms with E-state index in [1.807, 2.05) is 19.2 Å². The van der Waals surface area contributed by atoms with Crippen LogP contribution < -0.4 is 5.73 Å². The summed E-state index contributed by atoms with van der Waals surface area (Å²) >= 11 is 0. The Kier molecular flexibility index (Phi) is 4.74. The Hall–Kier alpha value is -1.02. The number of rotatable bonds is 4. The number of aromatic nitrogens is 1. The lowest BCUT2D eigenvalue weighted by Gasteiger charge is -2.38. The lowest BCUT2D eigenvalue weighted by molar-refractivity contribution is 0.140. The van der Waals surface area contributed by atoms with E-state index in [1.54, 1.807) is 6.20 Å². The van der Waals surface area contributed by atoms with E-state index in [9.17, 15) is 8.42 Å². The van der Waals surface area contributed by atoms with Crippen molar-refractivity contribution in [3.8, 4) is 0 Å². The largest absolute Gasteiger partial charge is 0.329 e. The second kappa shape index (κ2) is 6.17. The van der Waals surface area contributed by atoms with Crippen LogP contribution >= 0.6 is 0 Å². The van der Waals surface area contributed by atoms with Crippen LogP contribution in [0.2, 0.25) is 0 Å². The Balaban J connectivity index is 2.10. The molecule has 2 heterocycles. The van der Waals surface area contributed by atoms with Gasteiger partial charge in [0.1, 0.15) is 0 Å². The molecule has 1 aliphatic rings. The molecule has 0 bridgehead atoms. The summed E-state index contributed by atoms with van der Waals surface area (Å²) < 4.78 is 24.6. The molecule has 7 heteroatoms. The van der Waals surface area contributed by atoms with E-state index in [0.29, 0.717) is 32.7 Å². The van der Waals surface area contributed by atoms with Gasteiger partial charge in [-0.3, -0.25) is 9.88 Å². The van der Waals surface area contributed by atoms with Crippen molar-refractivity contribution in [3.63, 3.8) is 0 Å². The molecule has 1 atom stereocenters. The lowest BCUT2D eigenvalue weighted by atomic mass is 10.0. The van der Waals surface area contributed by atoms with Crippen LogP contribution in [0.4, 0.5) is 0 Å². The maximum atomic E-state index is 11.5. The van der Waals surface area contributed by atoms with E-state index in [1.165, 1.54) is 16.1 Å². The van der Waals surface area contributed by atoms with Gasteiger partial charge in [0.2, 0.25) is 10.0 Å². The predicted molar refractivity (Wildman–Crippen MR) is 78.8 cm³/mol. The van der Waals surface area contributed by atoms with Crippen LogP contribution in [0.25, 0.3) is 0 Å². The van der Waals surface area contributed by atoms with Crippen molar-refractivity contribution >= 4 is 10.0 Å². The van der Waals surface area contributed by atoms with Gasteiger partial charge >= 0.3 is 0 Å². The molecule has 1 aromatic heterocycles. The molecule has 112 valence electrons. The van der Waals surface area contributed by atoms with E-state index in [4.69, 9.17) is 5.73 Å². The maximum Gasteiger partial charge on any atom is 0.211 e. The molecule has 1 fully saturated rings. The van der Waals surface area contributed by atoms with E-state index < -0.39 is 10.0 Å². The number of hydrogen-bond acceptors (Lipinski definition) is 5. The highest BCUT2D eigenvalue weighted by Crippen LogP contribution is 2.23.